The van der Waals surface area contributed by atoms with Gasteiger partial charge in [0.1, 0.15) is 5.82 Å². The van der Waals surface area contributed by atoms with E-state index in [-0.39, 0.29) is 11.9 Å². The maximum atomic E-state index is 12.2. The SMILES string of the molecule is CN(C)c1ncc(Br)cc1C(=O)NCC(N)C1CC1. The standard InChI is InChI=1S/C13H19BrN4O/c1-18(2)12-10(5-9(14)6-16-12)13(19)17-7-11(15)8-3-4-8/h5-6,8,11H,3-4,7,15H2,1-2H3,(H,17,19). The monoisotopic (exact) mass is 326 g/mol. The average Bonchev–Trinajstić information content (AvgIpc) is 3.19. The molecule has 2 rings (SSSR count). The third kappa shape index (κ3) is 3.67. The van der Waals surface area contributed by atoms with Crippen molar-refractivity contribution < 1.29 is 4.79 Å². The molecule has 1 heterocycles. The number of amides is 1. The predicted octanol–water partition coefficient (Wildman–Crippen LogP) is 1.38. The Balaban J connectivity index is 2.06. The van der Waals surface area contributed by atoms with Crippen LogP contribution in [0.2, 0.25) is 0 Å². The first-order chi connectivity index (χ1) is 8.99. The number of carbonyl (C=O) groups is 1. The molecule has 0 radical (unpaired) electrons. The third-order valence-corrected chi connectivity index (χ3v) is 3.66. The van der Waals surface area contributed by atoms with E-state index >= 15 is 0 Å². The zero-order valence-corrected chi connectivity index (χ0v) is 12.8. The van der Waals surface area contributed by atoms with Gasteiger partial charge in [-0.15, -0.1) is 0 Å². The summed E-state index contributed by atoms with van der Waals surface area (Å²) in [4.78, 5) is 18.3. The second-order valence-corrected chi connectivity index (χ2v) is 6.05. The second-order valence-electron chi connectivity index (χ2n) is 5.13. The van der Waals surface area contributed by atoms with Crippen LogP contribution in [0.5, 0.6) is 0 Å². The molecule has 0 spiro atoms. The van der Waals surface area contributed by atoms with Gasteiger partial charge in [0.25, 0.3) is 5.91 Å². The van der Waals surface area contributed by atoms with E-state index < -0.39 is 0 Å². The molecule has 1 aliphatic rings. The zero-order valence-electron chi connectivity index (χ0n) is 11.2. The summed E-state index contributed by atoms with van der Waals surface area (Å²) in [5.41, 5.74) is 6.54. The summed E-state index contributed by atoms with van der Waals surface area (Å²) < 4.78 is 0.787. The molecule has 5 nitrogen and oxygen atoms in total. The number of nitrogens with two attached hydrogens (primary N) is 1. The second kappa shape index (κ2) is 5.88. The van der Waals surface area contributed by atoms with Gasteiger partial charge in [-0.05, 0) is 40.8 Å². The molecule has 1 unspecified atom stereocenters. The van der Waals surface area contributed by atoms with Gasteiger partial charge in [-0.2, -0.15) is 0 Å². The van der Waals surface area contributed by atoms with Crippen LogP contribution in [0.1, 0.15) is 23.2 Å². The van der Waals surface area contributed by atoms with E-state index in [0.29, 0.717) is 23.8 Å². The number of anilines is 1. The number of hydrogen-bond donors (Lipinski definition) is 2. The van der Waals surface area contributed by atoms with Crippen molar-refractivity contribution in [1.82, 2.24) is 10.3 Å². The van der Waals surface area contributed by atoms with Gasteiger partial charge in [0.2, 0.25) is 0 Å². The van der Waals surface area contributed by atoms with Crippen molar-refractivity contribution in [3.8, 4) is 0 Å². The number of rotatable bonds is 5. The first kappa shape index (κ1) is 14.3. The first-order valence-electron chi connectivity index (χ1n) is 6.35. The van der Waals surface area contributed by atoms with Gasteiger partial charge in [-0.25, -0.2) is 4.98 Å². The van der Waals surface area contributed by atoms with Gasteiger partial charge in [0, 0.05) is 37.4 Å². The van der Waals surface area contributed by atoms with Gasteiger partial charge in [-0.1, -0.05) is 0 Å². The molecule has 1 saturated carbocycles. The van der Waals surface area contributed by atoms with Crippen LogP contribution in [0.4, 0.5) is 5.82 Å². The minimum Gasteiger partial charge on any atom is -0.362 e. The van der Waals surface area contributed by atoms with Crippen LogP contribution in [0.3, 0.4) is 0 Å². The molecule has 1 fully saturated rings. The summed E-state index contributed by atoms with van der Waals surface area (Å²) in [7, 11) is 3.73. The molecular formula is C13H19BrN4O. The van der Waals surface area contributed by atoms with Crippen molar-refractivity contribution in [1.29, 1.82) is 0 Å². The lowest BCUT2D eigenvalue weighted by Crippen LogP contribution is -2.39. The van der Waals surface area contributed by atoms with Crippen molar-refractivity contribution in [2.24, 2.45) is 11.7 Å². The van der Waals surface area contributed by atoms with Crippen LogP contribution < -0.4 is 16.0 Å². The van der Waals surface area contributed by atoms with Crippen LogP contribution in [-0.2, 0) is 0 Å². The Bertz CT molecular complexity index is 474. The third-order valence-electron chi connectivity index (χ3n) is 3.23. The van der Waals surface area contributed by atoms with Crippen molar-refractivity contribution in [3.05, 3.63) is 22.3 Å². The molecule has 1 amide bonds. The van der Waals surface area contributed by atoms with Crippen molar-refractivity contribution in [2.75, 3.05) is 25.5 Å². The van der Waals surface area contributed by atoms with Gasteiger partial charge >= 0.3 is 0 Å². The summed E-state index contributed by atoms with van der Waals surface area (Å²) in [5.74, 6) is 1.10. The van der Waals surface area contributed by atoms with Crippen LogP contribution >= 0.6 is 15.9 Å². The van der Waals surface area contributed by atoms with E-state index in [4.69, 9.17) is 5.73 Å². The number of aromatic nitrogens is 1. The maximum absolute atomic E-state index is 12.2. The molecule has 19 heavy (non-hydrogen) atoms. The molecule has 6 heteroatoms. The van der Waals surface area contributed by atoms with Crippen molar-refractivity contribution in [2.45, 2.75) is 18.9 Å². The van der Waals surface area contributed by atoms with Crippen LogP contribution in [-0.4, -0.2) is 37.6 Å². The van der Waals surface area contributed by atoms with E-state index in [9.17, 15) is 4.79 Å². The average molecular weight is 327 g/mol. The largest absolute Gasteiger partial charge is 0.362 e. The van der Waals surface area contributed by atoms with E-state index in [1.54, 1.807) is 12.3 Å². The van der Waals surface area contributed by atoms with Crippen LogP contribution in [0.25, 0.3) is 0 Å². The highest BCUT2D eigenvalue weighted by molar-refractivity contribution is 9.10. The van der Waals surface area contributed by atoms with E-state index in [0.717, 1.165) is 4.47 Å². The summed E-state index contributed by atoms with van der Waals surface area (Å²) in [6, 6.07) is 1.84. The quantitative estimate of drug-likeness (QED) is 0.857. The van der Waals surface area contributed by atoms with Crippen LogP contribution in [0, 0.1) is 5.92 Å². The van der Waals surface area contributed by atoms with Gasteiger partial charge in [0.05, 0.1) is 5.56 Å². The molecule has 1 aromatic rings. The molecule has 0 bridgehead atoms. The molecular weight excluding hydrogens is 308 g/mol. The fraction of sp³-hybridized carbons (Fsp3) is 0.538. The molecule has 1 atom stereocenters. The lowest BCUT2D eigenvalue weighted by molar-refractivity contribution is 0.0950. The zero-order chi connectivity index (χ0) is 14.0. The number of pyridine rings is 1. The Morgan fingerprint density at radius 2 is 2.32 bits per heavy atom. The maximum Gasteiger partial charge on any atom is 0.255 e. The lowest BCUT2D eigenvalue weighted by Gasteiger charge is -2.17. The summed E-state index contributed by atoms with van der Waals surface area (Å²) >= 11 is 3.34. The molecule has 1 aromatic heterocycles. The lowest BCUT2D eigenvalue weighted by atomic mass is 10.2. The first-order valence-corrected chi connectivity index (χ1v) is 7.15. The fourth-order valence-corrected chi connectivity index (χ4v) is 2.28. The number of nitrogens with zero attached hydrogens (tertiary/aromatic N) is 2. The van der Waals surface area contributed by atoms with E-state index in [2.05, 4.69) is 26.2 Å². The number of hydrogen-bond acceptors (Lipinski definition) is 4. The summed E-state index contributed by atoms with van der Waals surface area (Å²) in [6.07, 6.45) is 4.04. The minimum absolute atomic E-state index is 0.0619. The Morgan fingerprint density at radius 1 is 1.63 bits per heavy atom. The normalized spacial score (nSPS) is 16.0. The van der Waals surface area contributed by atoms with Crippen molar-refractivity contribution >= 4 is 27.7 Å². The van der Waals surface area contributed by atoms with Gasteiger partial charge < -0.3 is 16.0 Å². The summed E-state index contributed by atoms with van der Waals surface area (Å²) in [5, 5.41) is 2.89. The van der Waals surface area contributed by atoms with Crippen molar-refractivity contribution in [3.63, 3.8) is 0 Å². The van der Waals surface area contributed by atoms with E-state index in [1.165, 1.54) is 12.8 Å². The van der Waals surface area contributed by atoms with Gasteiger partial charge in [-0.3, -0.25) is 4.79 Å². The Hall–Kier alpha value is -1.14. The summed E-state index contributed by atoms with van der Waals surface area (Å²) in [6.45, 7) is 0.517. The van der Waals surface area contributed by atoms with Crippen LogP contribution in [0.15, 0.2) is 16.7 Å². The Morgan fingerprint density at radius 3 is 2.89 bits per heavy atom. The topological polar surface area (TPSA) is 71.2 Å². The highest BCUT2D eigenvalue weighted by atomic mass is 79.9. The molecule has 3 N–H and O–H groups in total. The highest BCUT2D eigenvalue weighted by Crippen LogP contribution is 2.31. The van der Waals surface area contributed by atoms with Gasteiger partial charge in [0.15, 0.2) is 0 Å². The molecule has 0 aliphatic heterocycles. The fourth-order valence-electron chi connectivity index (χ4n) is 1.95. The molecule has 104 valence electrons. The number of halogens is 1. The Labute approximate surface area is 121 Å². The molecule has 0 aromatic carbocycles. The number of carbonyl (C=O) groups excluding carboxylic acids is 1. The Kier molecular flexibility index (Phi) is 4.42. The number of nitrogens with one attached hydrogen (secondary N) is 1. The predicted molar refractivity (Wildman–Crippen MR) is 79.3 cm³/mol. The minimum atomic E-state index is -0.131. The molecule has 0 saturated heterocycles. The highest BCUT2D eigenvalue weighted by Gasteiger charge is 2.28. The smallest absolute Gasteiger partial charge is 0.255 e. The molecule has 1 aliphatic carbocycles. The van der Waals surface area contributed by atoms with E-state index in [1.807, 2.05) is 19.0 Å².